The van der Waals surface area contributed by atoms with Gasteiger partial charge in [-0.15, -0.1) is 22.7 Å². The number of benzene rings is 6. The molecule has 9 heteroatoms. The van der Waals surface area contributed by atoms with Gasteiger partial charge in [0, 0.05) is 16.8 Å². The number of phenolic OH excluding ortho intramolecular Hbond substituents is 2. The minimum Gasteiger partial charge on any atom is -0.508 e. The van der Waals surface area contributed by atoms with Gasteiger partial charge >= 0.3 is 0 Å². The van der Waals surface area contributed by atoms with E-state index in [1.54, 1.807) is 71.2 Å². The maximum atomic E-state index is 9.27. The molecule has 0 spiro atoms. The normalized spacial score (nSPS) is 10.8. The number of anilines is 1. The van der Waals surface area contributed by atoms with Crippen LogP contribution >= 0.6 is 22.7 Å². The topological polar surface area (TPSA) is 117 Å². The van der Waals surface area contributed by atoms with Crippen molar-refractivity contribution in [2.45, 2.75) is 13.8 Å². The van der Waals surface area contributed by atoms with E-state index < -0.39 is 0 Å². The summed E-state index contributed by atoms with van der Waals surface area (Å²) in [4.78, 5) is 9.33. The monoisotopic (exact) mass is 679 g/mol. The Hall–Kier alpha value is -5.90. The maximum absolute atomic E-state index is 9.27. The predicted molar refractivity (Wildman–Crippen MR) is 204 cm³/mol. The summed E-state index contributed by atoms with van der Waals surface area (Å²) in [7, 11) is 0. The number of fused-ring (bicyclic) bond motifs is 2. The van der Waals surface area contributed by atoms with Gasteiger partial charge in [-0.1, -0.05) is 30.3 Å². The van der Waals surface area contributed by atoms with E-state index in [9.17, 15) is 5.11 Å². The third-order valence-corrected chi connectivity index (χ3v) is 9.38. The quantitative estimate of drug-likeness (QED) is 0.126. The largest absolute Gasteiger partial charge is 0.508 e. The predicted octanol–water partition coefficient (Wildman–Crippen LogP) is 11.6. The molecule has 0 amide bonds. The molecular formula is C40H33N5O2S2. The van der Waals surface area contributed by atoms with Gasteiger partial charge in [0.15, 0.2) is 0 Å². The summed E-state index contributed by atoms with van der Waals surface area (Å²) < 4.78 is 2.43. The third kappa shape index (κ3) is 8.92. The number of nitrogens with two attached hydrogens (primary N) is 1. The van der Waals surface area contributed by atoms with Crippen LogP contribution in [0.3, 0.4) is 0 Å². The fraction of sp³-hybridized carbons (Fsp3) is 0.0500. The minimum atomic E-state index is 0.217. The Labute approximate surface area is 292 Å². The lowest BCUT2D eigenvalue weighted by molar-refractivity contribution is 0.475. The zero-order valence-electron chi connectivity index (χ0n) is 26.9. The highest BCUT2D eigenvalue weighted by Crippen LogP contribution is 2.33. The number of azo groups is 1. The lowest BCUT2D eigenvalue weighted by Crippen LogP contribution is -1.83. The number of phenols is 2. The van der Waals surface area contributed by atoms with Crippen LogP contribution in [0.15, 0.2) is 150 Å². The number of nitrogen functional groups attached to an aromatic ring is 1. The number of aryl methyl sites for hydroxylation is 2. The van der Waals surface area contributed by atoms with Crippen molar-refractivity contribution in [2.75, 3.05) is 5.73 Å². The number of para-hydroxylation sites is 1. The van der Waals surface area contributed by atoms with Crippen LogP contribution in [0.25, 0.3) is 41.6 Å². The standard InChI is InChI=1S/C20H15N3OS.C14H12N2S.C6H6O/c1-13-2-11-18-19(12-13)25-20(21-18)14-3-5-15(6-4-14)22-23-16-7-9-17(24)10-8-16;1-9-2-7-12-13(8-9)17-14(16-12)10-3-5-11(15)6-4-10;7-6-4-2-1-3-5-6/h2-12,24H,1H3;2-8H,15H2,1H3;1-5,7H. The third-order valence-electron chi connectivity index (χ3n) is 7.25. The number of aromatic hydroxyl groups is 2. The minimum absolute atomic E-state index is 0.217. The summed E-state index contributed by atoms with van der Waals surface area (Å²) in [5, 5.41) is 28.3. The molecule has 0 atom stereocenters. The average molecular weight is 680 g/mol. The van der Waals surface area contributed by atoms with Gasteiger partial charge in [-0.05, 0) is 134 Å². The molecule has 0 unspecified atom stereocenters. The summed E-state index contributed by atoms with van der Waals surface area (Å²) in [5.41, 5.74) is 14.7. The first-order valence-corrected chi connectivity index (χ1v) is 17.1. The van der Waals surface area contributed by atoms with Gasteiger partial charge in [-0.3, -0.25) is 0 Å². The molecule has 6 aromatic carbocycles. The van der Waals surface area contributed by atoms with Gasteiger partial charge in [0.1, 0.15) is 21.5 Å². The molecule has 7 nitrogen and oxygen atoms in total. The Morgan fingerprint density at radius 2 is 0.939 bits per heavy atom. The van der Waals surface area contributed by atoms with Crippen molar-refractivity contribution >= 4 is 60.2 Å². The molecule has 4 N–H and O–H groups in total. The zero-order valence-corrected chi connectivity index (χ0v) is 28.5. The van der Waals surface area contributed by atoms with Crippen LogP contribution < -0.4 is 5.73 Å². The van der Waals surface area contributed by atoms with E-state index in [4.69, 9.17) is 15.8 Å². The summed E-state index contributed by atoms with van der Waals surface area (Å²) >= 11 is 3.41. The van der Waals surface area contributed by atoms with E-state index >= 15 is 0 Å². The van der Waals surface area contributed by atoms with E-state index in [2.05, 4.69) is 65.5 Å². The number of hydrogen-bond donors (Lipinski definition) is 3. The molecule has 8 rings (SSSR count). The highest BCUT2D eigenvalue weighted by atomic mass is 32.1. The summed E-state index contributed by atoms with van der Waals surface area (Å²) in [6.07, 6.45) is 0. The molecule has 0 saturated carbocycles. The highest BCUT2D eigenvalue weighted by molar-refractivity contribution is 7.22. The Balaban J connectivity index is 0.000000149. The van der Waals surface area contributed by atoms with Crippen molar-refractivity contribution in [1.82, 2.24) is 9.97 Å². The highest BCUT2D eigenvalue weighted by Gasteiger charge is 2.07. The van der Waals surface area contributed by atoms with Gasteiger partial charge in [0.2, 0.25) is 0 Å². The Morgan fingerprint density at radius 1 is 0.510 bits per heavy atom. The van der Waals surface area contributed by atoms with Crippen LogP contribution in [0.4, 0.5) is 17.1 Å². The maximum Gasteiger partial charge on any atom is 0.124 e. The molecule has 8 aromatic rings. The molecule has 0 bridgehead atoms. The zero-order chi connectivity index (χ0) is 34.2. The fourth-order valence-corrected chi connectivity index (χ4v) is 6.81. The van der Waals surface area contributed by atoms with Crippen LogP contribution in [0, 0.1) is 13.8 Å². The van der Waals surface area contributed by atoms with Crippen LogP contribution in [0.1, 0.15) is 11.1 Å². The Bertz CT molecular complexity index is 2320. The van der Waals surface area contributed by atoms with Gasteiger partial charge in [0.05, 0.1) is 31.8 Å². The van der Waals surface area contributed by atoms with Crippen molar-refractivity contribution in [3.8, 4) is 32.6 Å². The summed E-state index contributed by atoms with van der Waals surface area (Å²) in [5.74, 6) is 0.539. The smallest absolute Gasteiger partial charge is 0.124 e. The molecule has 242 valence electrons. The second-order valence-corrected chi connectivity index (χ2v) is 13.3. The second kappa shape index (κ2) is 15.3. The van der Waals surface area contributed by atoms with Crippen molar-refractivity contribution in [3.63, 3.8) is 0 Å². The summed E-state index contributed by atoms with van der Waals surface area (Å²) in [6.45, 7) is 4.19. The molecule has 49 heavy (non-hydrogen) atoms. The van der Waals surface area contributed by atoms with Crippen molar-refractivity contribution in [1.29, 1.82) is 0 Å². The fourth-order valence-electron chi connectivity index (χ4n) is 4.67. The van der Waals surface area contributed by atoms with E-state index in [-0.39, 0.29) is 5.75 Å². The van der Waals surface area contributed by atoms with Gasteiger partial charge in [-0.2, -0.15) is 10.2 Å². The second-order valence-electron chi connectivity index (χ2n) is 11.2. The van der Waals surface area contributed by atoms with Crippen LogP contribution in [-0.2, 0) is 0 Å². The van der Waals surface area contributed by atoms with Crippen molar-refractivity contribution in [3.05, 3.63) is 151 Å². The SMILES string of the molecule is Cc1ccc2nc(-c3ccc(N)cc3)sc2c1.Cc1ccc2nc(-c3ccc(N=Nc4ccc(O)cc4)cc3)sc2c1.Oc1ccccc1. The molecule has 0 aliphatic carbocycles. The number of rotatable bonds is 4. The van der Waals surface area contributed by atoms with Crippen molar-refractivity contribution in [2.24, 2.45) is 10.2 Å². The lowest BCUT2D eigenvalue weighted by atomic mass is 10.2. The first kappa shape index (κ1) is 33.0. The molecule has 2 aromatic heterocycles. The summed E-state index contributed by atoms with van der Waals surface area (Å²) in [6, 6.07) is 43.7. The number of hydrogen-bond acceptors (Lipinski definition) is 9. The molecule has 2 heterocycles. The molecule has 0 aliphatic rings. The number of thiazole rings is 2. The van der Waals surface area contributed by atoms with E-state index in [1.807, 2.05) is 54.6 Å². The van der Waals surface area contributed by atoms with Gasteiger partial charge in [-0.25, -0.2) is 9.97 Å². The van der Waals surface area contributed by atoms with Gasteiger partial charge in [0.25, 0.3) is 0 Å². The molecule has 0 aliphatic heterocycles. The Kier molecular flexibility index (Phi) is 10.3. The first-order chi connectivity index (χ1) is 23.8. The molecule has 0 saturated heterocycles. The lowest BCUT2D eigenvalue weighted by Gasteiger charge is -1.97. The molecule has 0 radical (unpaired) electrons. The average Bonchev–Trinajstić information content (AvgIpc) is 3.73. The number of nitrogens with zero attached hydrogens (tertiary/aromatic N) is 4. The first-order valence-electron chi connectivity index (χ1n) is 15.4. The van der Waals surface area contributed by atoms with E-state index in [0.717, 1.165) is 43.6 Å². The van der Waals surface area contributed by atoms with Crippen LogP contribution in [0.2, 0.25) is 0 Å². The van der Waals surface area contributed by atoms with Crippen molar-refractivity contribution < 1.29 is 10.2 Å². The van der Waals surface area contributed by atoms with E-state index in [0.29, 0.717) is 11.4 Å². The Morgan fingerprint density at radius 3 is 1.39 bits per heavy atom. The number of aromatic nitrogens is 2. The van der Waals surface area contributed by atoms with E-state index in [1.165, 1.54) is 20.5 Å². The van der Waals surface area contributed by atoms with Crippen LogP contribution in [-0.4, -0.2) is 20.2 Å². The molecular weight excluding hydrogens is 647 g/mol. The molecule has 0 fully saturated rings. The van der Waals surface area contributed by atoms with Crippen LogP contribution in [0.5, 0.6) is 11.5 Å². The van der Waals surface area contributed by atoms with Gasteiger partial charge < -0.3 is 15.9 Å².